The Bertz CT molecular complexity index is 621. The summed E-state index contributed by atoms with van der Waals surface area (Å²) < 4.78 is 17.3. The highest BCUT2D eigenvalue weighted by atomic mass is 16.7. The first-order valence-electron chi connectivity index (χ1n) is 8.42. The van der Waals surface area contributed by atoms with Crippen molar-refractivity contribution in [3.63, 3.8) is 0 Å². The van der Waals surface area contributed by atoms with E-state index in [1.165, 1.54) is 12.1 Å². The van der Waals surface area contributed by atoms with Crippen molar-refractivity contribution in [1.82, 2.24) is 0 Å². The van der Waals surface area contributed by atoms with Gasteiger partial charge in [0, 0.05) is 5.82 Å². The molecule has 0 amide bonds. The fourth-order valence-electron chi connectivity index (χ4n) is 2.70. The van der Waals surface area contributed by atoms with Gasteiger partial charge in [-0.2, -0.15) is 0 Å². The van der Waals surface area contributed by atoms with Crippen LogP contribution in [-0.2, 0) is 18.8 Å². The number of rotatable bonds is 6. The number of carboxylic acids is 1. The van der Waals surface area contributed by atoms with Crippen molar-refractivity contribution in [2.24, 2.45) is 0 Å². The summed E-state index contributed by atoms with van der Waals surface area (Å²) in [6.45, 7) is 9.84. The van der Waals surface area contributed by atoms with Gasteiger partial charge in [-0.25, -0.2) is 4.79 Å². The van der Waals surface area contributed by atoms with Gasteiger partial charge in [-0.05, 0) is 52.3 Å². The first-order chi connectivity index (χ1) is 11.6. The molecule has 1 aliphatic rings. The van der Waals surface area contributed by atoms with Crippen LogP contribution in [0.4, 0.5) is 0 Å². The molecule has 0 aromatic heterocycles. The molecule has 0 saturated carbocycles. The zero-order chi connectivity index (χ0) is 18.8. The van der Waals surface area contributed by atoms with Gasteiger partial charge in [0.25, 0.3) is 0 Å². The van der Waals surface area contributed by atoms with Gasteiger partial charge in [0.05, 0.1) is 29.8 Å². The Morgan fingerprint density at radius 3 is 2.08 bits per heavy atom. The third kappa shape index (κ3) is 4.22. The van der Waals surface area contributed by atoms with Crippen LogP contribution >= 0.6 is 0 Å². The maximum absolute atomic E-state index is 12.1. The molecule has 1 aliphatic heterocycles. The van der Waals surface area contributed by atoms with E-state index in [0.717, 1.165) is 5.56 Å². The largest absolute Gasteiger partial charge is 0.478 e. The maximum atomic E-state index is 12.1. The first kappa shape index (κ1) is 19.5. The smallest absolute Gasteiger partial charge is 0.466 e. The number of carbonyl (C=O) groups is 2. The lowest BCUT2D eigenvalue weighted by molar-refractivity contribution is -0.143. The normalized spacial score (nSPS) is 19.5. The molecule has 7 heteroatoms. The number of hydrogen-bond acceptors (Lipinski definition) is 5. The third-order valence-electron chi connectivity index (χ3n) is 4.88. The predicted octanol–water partition coefficient (Wildman–Crippen LogP) is 3.05. The van der Waals surface area contributed by atoms with Crippen LogP contribution in [0.25, 0.3) is 0 Å². The molecule has 1 fully saturated rings. The molecule has 136 valence electrons. The molecule has 2 rings (SSSR count). The average Bonchev–Trinajstić information content (AvgIpc) is 2.73. The summed E-state index contributed by atoms with van der Waals surface area (Å²) in [4.78, 5) is 23.1. The van der Waals surface area contributed by atoms with Crippen molar-refractivity contribution >= 4 is 19.1 Å². The maximum Gasteiger partial charge on any atom is 0.466 e. The standard InChI is InChI=1S/C18H25BO6/c1-6-23-15(20)11-14(12-7-9-13(10-8-12)16(21)22)19-24-17(2,3)18(4,5)25-19/h7-10,14H,6,11H2,1-5H3,(H,21,22). The van der Waals surface area contributed by atoms with Gasteiger partial charge in [-0.1, -0.05) is 12.1 Å². The molecule has 1 atom stereocenters. The lowest BCUT2D eigenvalue weighted by atomic mass is 9.66. The molecular weight excluding hydrogens is 323 g/mol. The van der Waals surface area contributed by atoms with Crippen molar-refractivity contribution in [3.8, 4) is 0 Å². The van der Waals surface area contributed by atoms with Crippen molar-refractivity contribution < 1.29 is 28.7 Å². The quantitative estimate of drug-likeness (QED) is 0.629. The highest BCUT2D eigenvalue weighted by Gasteiger charge is 2.54. The number of esters is 1. The lowest BCUT2D eigenvalue weighted by Crippen LogP contribution is -2.41. The van der Waals surface area contributed by atoms with Crippen molar-refractivity contribution in [2.75, 3.05) is 6.61 Å². The summed E-state index contributed by atoms with van der Waals surface area (Å²) in [7, 11) is -0.620. The van der Waals surface area contributed by atoms with Crippen molar-refractivity contribution in [3.05, 3.63) is 35.4 Å². The molecule has 1 heterocycles. The summed E-state index contributed by atoms with van der Waals surface area (Å²) in [5.41, 5.74) is -0.0823. The second-order valence-corrected chi connectivity index (χ2v) is 7.17. The molecule has 1 aromatic rings. The molecule has 1 saturated heterocycles. The number of carbonyl (C=O) groups excluding carboxylic acids is 1. The Labute approximate surface area is 148 Å². The van der Waals surface area contributed by atoms with Crippen LogP contribution in [0.3, 0.4) is 0 Å². The summed E-state index contributed by atoms with van der Waals surface area (Å²) in [6, 6.07) is 6.42. The summed E-state index contributed by atoms with van der Waals surface area (Å²) in [5.74, 6) is -1.73. The van der Waals surface area contributed by atoms with Crippen LogP contribution in [-0.4, -0.2) is 42.0 Å². The van der Waals surface area contributed by atoms with Crippen LogP contribution in [0.1, 0.15) is 62.8 Å². The third-order valence-corrected chi connectivity index (χ3v) is 4.88. The Morgan fingerprint density at radius 2 is 1.64 bits per heavy atom. The molecular formula is C18H25BO6. The van der Waals surface area contributed by atoms with Crippen LogP contribution < -0.4 is 0 Å². The molecule has 1 unspecified atom stereocenters. The highest BCUT2D eigenvalue weighted by molar-refractivity contribution is 6.48. The van der Waals surface area contributed by atoms with Crippen LogP contribution in [0.15, 0.2) is 24.3 Å². The van der Waals surface area contributed by atoms with Crippen LogP contribution in [0, 0.1) is 0 Å². The highest BCUT2D eigenvalue weighted by Crippen LogP contribution is 2.41. The minimum atomic E-state index is -0.996. The minimum Gasteiger partial charge on any atom is -0.478 e. The Kier molecular flexibility index (Phi) is 5.59. The topological polar surface area (TPSA) is 82.1 Å². The van der Waals surface area contributed by atoms with E-state index in [2.05, 4.69) is 0 Å². The Morgan fingerprint density at radius 1 is 1.12 bits per heavy atom. The Hall–Kier alpha value is -1.86. The van der Waals surface area contributed by atoms with Gasteiger partial charge in [0.15, 0.2) is 0 Å². The van der Waals surface area contributed by atoms with E-state index in [1.807, 2.05) is 27.7 Å². The van der Waals surface area contributed by atoms with E-state index >= 15 is 0 Å². The molecule has 25 heavy (non-hydrogen) atoms. The SMILES string of the molecule is CCOC(=O)CC(B1OC(C)(C)C(C)(C)O1)c1ccc(C(=O)O)cc1. The zero-order valence-corrected chi connectivity index (χ0v) is 15.4. The number of ether oxygens (including phenoxy) is 1. The fourth-order valence-corrected chi connectivity index (χ4v) is 2.70. The number of benzene rings is 1. The van der Waals surface area contributed by atoms with Gasteiger partial charge >= 0.3 is 19.1 Å². The van der Waals surface area contributed by atoms with E-state index < -0.39 is 24.3 Å². The first-order valence-corrected chi connectivity index (χ1v) is 8.42. The van der Waals surface area contributed by atoms with Crippen molar-refractivity contribution in [2.45, 2.75) is 58.1 Å². The van der Waals surface area contributed by atoms with Gasteiger partial charge in [0.1, 0.15) is 0 Å². The van der Waals surface area contributed by atoms with Crippen LogP contribution in [0.2, 0.25) is 0 Å². The predicted molar refractivity (Wildman–Crippen MR) is 93.5 cm³/mol. The monoisotopic (exact) mass is 348 g/mol. The van der Waals surface area contributed by atoms with Gasteiger partial charge in [-0.3, -0.25) is 4.79 Å². The Balaban J connectivity index is 2.30. The average molecular weight is 348 g/mol. The van der Waals surface area contributed by atoms with Crippen molar-refractivity contribution in [1.29, 1.82) is 0 Å². The van der Waals surface area contributed by atoms with Gasteiger partial charge < -0.3 is 19.2 Å². The van der Waals surface area contributed by atoms with E-state index in [-0.39, 0.29) is 23.8 Å². The second-order valence-electron chi connectivity index (χ2n) is 7.17. The second kappa shape index (κ2) is 7.18. The number of aromatic carboxylic acids is 1. The van der Waals surface area contributed by atoms with Gasteiger partial charge in [0.2, 0.25) is 0 Å². The minimum absolute atomic E-state index is 0.0943. The fraction of sp³-hybridized carbons (Fsp3) is 0.556. The van der Waals surface area contributed by atoms with Gasteiger partial charge in [-0.15, -0.1) is 0 Å². The molecule has 1 N–H and O–H groups in total. The van der Waals surface area contributed by atoms with E-state index in [9.17, 15) is 9.59 Å². The van der Waals surface area contributed by atoms with E-state index in [4.69, 9.17) is 19.2 Å². The molecule has 0 spiro atoms. The summed E-state index contributed by atoms with van der Waals surface area (Å²) in [5, 5.41) is 9.05. The number of hydrogen-bond donors (Lipinski definition) is 1. The molecule has 0 radical (unpaired) electrons. The summed E-state index contributed by atoms with van der Waals surface area (Å²) >= 11 is 0. The lowest BCUT2D eigenvalue weighted by Gasteiger charge is -2.32. The molecule has 6 nitrogen and oxygen atoms in total. The number of carboxylic acid groups (broad SMARTS) is 1. The van der Waals surface area contributed by atoms with Crippen LogP contribution in [0.5, 0.6) is 0 Å². The van der Waals surface area contributed by atoms with E-state index in [1.54, 1.807) is 19.1 Å². The van der Waals surface area contributed by atoms with E-state index in [0.29, 0.717) is 6.61 Å². The zero-order valence-electron chi connectivity index (χ0n) is 15.4. The molecule has 1 aromatic carbocycles. The summed E-state index contributed by atoms with van der Waals surface area (Å²) in [6.07, 6.45) is 0.0943. The molecule has 0 aliphatic carbocycles. The molecule has 0 bridgehead atoms.